The third kappa shape index (κ3) is 5.96. The first-order valence-electron chi connectivity index (χ1n) is 6.23. The van der Waals surface area contributed by atoms with Crippen LogP contribution in [0.4, 0.5) is 0 Å². The van der Waals surface area contributed by atoms with Gasteiger partial charge in [-0.15, -0.1) is 0 Å². The molecule has 1 N–H and O–H groups in total. The number of carboxylic acids is 1. The summed E-state index contributed by atoms with van der Waals surface area (Å²) >= 11 is 0. The van der Waals surface area contributed by atoms with Crippen LogP contribution in [0.5, 0.6) is 0 Å². The van der Waals surface area contributed by atoms with Gasteiger partial charge in [-0.3, -0.25) is 4.79 Å². The maximum Gasteiger partial charge on any atom is 0.335 e. The molecule has 0 bridgehead atoms. The van der Waals surface area contributed by atoms with Crippen LogP contribution in [0.3, 0.4) is 0 Å². The van der Waals surface area contributed by atoms with Gasteiger partial charge in [-0.05, 0) is 6.07 Å². The second-order valence-corrected chi connectivity index (χ2v) is 3.97. The summed E-state index contributed by atoms with van der Waals surface area (Å²) in [6, 6.07) is 2.48. The van der Waals surface area contributed by atoms with Gasteiger partial charge in [-0.2, -0.15) is 0 Å². The van der Waals surface area contributed by atoms with E-state index in [1.807, 2.05) is 0 Å². The van der Waals surface area contributed by atoms with E-state index in [9.17, 15) is 9.59 Å². The fourth-order valence-electron chi connectivity index (χ4n) is 1.45. The Bertz CT molecular complexity index is 470. The highest BCUT2D eigenvalue weighted by Gasteiger charge is 2.04. The van der Waals surface area contributed by atoms with Crippen molar-refractivity contribution in [2.24, 2.45) is 0 Å². The first-order chi connectivity index (χ1) is 9.65. The van der Waals surface area contributed by atoms with Crippen molar-refractivity contribution >= 4 is 5.97 Å². The highest BCUT2D eigenvalue weighted by atomic mass is 16.5. The van der Waals surface area contributed by atoms with E-state index in [1.54, 1.807) is 7.11 Å². The van der Waals surface area contributed by atoms with E-state index < -0.39 is 5.97 Å². The number of hydrogen-bond donors (Lipinski definition) is 1. The summed E-state index contributed by atoms with van der Waals surface area (Å²) in [6.45, 7) is 2.71. The lowest BCUT2D eigenvalue weighted by Crippen LogP contribution is -2.23. The zero-order valence-electron chi connectivity index (χ0n) is 11.4. The summed E-state index contributed by atoms with van der Waals surface area (Å²) < 4.78 is 16.7. The van der Waals surface area contributed by atoms with Gasteiger partial charge < -0.3 is 23.9 Å². The van der Waals surface area contributed by atoms with Crippen molar-refractivity contribution in [3.8, 4) is 0 Å². The van der Waals surface area contributed by atoms with E-state index in [-0.39, 0.29) is 11.1 Å². The van der Waals surface area contributed by atoms with Gasteiger partial charge in [0.25, 0.3) is 5.56 Å². The molecule has 1 rings (SSSR count). The zero-order chi connectivity index (χ0) is 14.8. The number of ether oxygens (including phenoxy) is 3. The average Bonchev–Trinajstić information content (AvgIpc) is 2.43. The average molecular weight is 285 g/mol. The Morgan fingerprint density at radius 1 is 1.20 bits per heavy atom. The summed E-state index contributed by atoms with van der Waals surface area (Å²) in [6.07, 6.45) is 1.45. The molecule has 1 aromatic rings. The van der Waals surface area contributed by atoms with E-state index in [0.29, 0.717) is 39.6 Å². The van der Waals surface area contributed by atoms with Gasteiger partial charge in [-0.25, -0.2) is 4.79 Å². The van der Waals surface area contributed by atoms with Gasteiger partial charge >= 0.3 is 5.97 Å². The molecular weight excluding hydrogens is 266 g/mol. The van der Waals surface area contributed by atoms with E-state index in [2.05, 4.69) is 0 Å². The number of nitrogens with zero attached hydrogens (tertiary/aromatic N) is 1. The highest BCUT2D eigenvalue weighted by molar-refractivity contribution is 5.87. The molecule has 0 aliphatic carbocycles. The number of pyridine rings is 1. The lowest BCUT2D eigenvalue weighted by atomic mass is 10.3. The number of aromatic nitrogens is 1. The first-order valence-corrected chi connectivity index (χ1v) is 6.23. The normalized spacial score (nSPS) is 10.7. The molecule has 0 aliphatic heterocycles. The molecule has 7 heteroatoms. The lowest BCUT2D eigenvalue weighted by molar-refractivity contribution is 0.0229. The minimum atomic E-state index is -1.11. The first kappa shape index (κ1) is 16.4. The molecule has 0 amide bonds. The predicted octanol–water partition coefficient (Wildman–Crippen LogP) is 0.226. The molecule has 20 heavy (non-hydrogen) atoms. The summed E-state index contributed by atoms with van der Waals surface area (Å²) in [5.74, 6) is -1.11. The molecular formula is C13H19NO6. The maximum absolute atomic E-state index is 11.6. The van der Waals surface area contributed by atoms with E-state index in [1.165, 1.54) is 16.8 Å². The van der Waals surface area contributed by atoms with Crippen LogP contribution in [0, 0.1) is 0 Å². The molecule has 1 aromatic heterocycles. The third-order valence-corrected chi connectivity index (χ3v) is 2.52. The van der Waals surface area contributed by atoms with Crippen LogP contribution in [0.1, 0.15) is 10.4 Å². The molecule has 0 aliphatic rings. The largest absolute Gasteiger partial charge is 0.478 e. The molecule has 0 aromatic carbocycles. The standard InChI is InChI=1S/C13H19NO6/c1-18-6-7-20-9-8-19-5-4-14-3-2-11(13(16)17)10-12(14)15/h2-3,10H,4-9H2,1H3,(H,16,17). The Balaban J connectivity index is 2.22. The Hall–Kier alpha value is -1.70. The Morgan fingerprint density at radius 2 is 1.85 bits per heavy atom. The maximum atomic E-state index is 11.6. The zero-order valence-corrected chi connectivity index (χ0v) is 11.4. The number of hydrogen-bond acceptors (Lipinski definition) is 5. The van der Waals surface area contributed by atoms with Crippen molar-refractivity contribution in [1.29, 1.82) is 0 Å². The second-order valence-electron chi connectivity index (χ2n) is 3.97. The van der Waals surface area contributed by atoms with Crippen LogP contribution < -0.4 is 5.56 Å². The molecule has 0 radical (unpaired) electrons. The minimum Gasteiger partial charge on any atom is -0.478 e. The van der Waals surface area contributed by atoms with Gasteiger partial charge in [0.05, 0.1) is 38.6 Å². The molecule has 1 heterocycles. The summed E-state index contributed by atoms with van der Waals surface area (Å²) in [5, 5.41) is 8.74. The van der Waals surface area contributed by atoms with Gasteiger partial charge in [-0.1, -0.05) is 0 Å². The van der Waals surface area contributed by atoms with Crippen molar-refractivity contribution in [2.45, 2.75) is 6.54 Å². The van der Waals surface area contributed by atoms with Crippen molar-refractivity contribution in [3.63, 3.8) is 0 Å². The SMILES string of the molecule is COCCOCCOCCn1ccc(C(=O)O)cc1=O. The van der Waals surface area contributed by atoms with Crippen LogP contribution >= 0.6 is 0 Å². The third-order valence-electron chi connectivity index (χ3n) is 2.52. The summed E-state index contributed by atoms with van der Waals surface area (Å²) in [4.78, 5) is 22.3. The fraction of sp³-hybridized carbons (Fsp3) is 0.538. The highest BCUT2D eigenvalue weighted by Crippen LogP contribution is 1.94. The lowest BCUT2D eigenvalue weighted by Gasteiger charge is -2.07. The predicted molar refractivity (Wildman–Crippen MR) is 71.2 cm³/mol. The topological polar surface area (TPSA) is 87.0 Å². The number of aromatic carboxylic acids is 1. The van der Waals surface area contributed by atoms with E-state index in [0.717, 1.165) is 6.07 Å². The van der Waals surface area contributed by atoms with Crippen LogP contribution in [-0.2, 0) is 20.8 Å². The number of carboxylic acid groups (broad SMARTS) is 1. The van der Waals surface area contributed by atoms with Crippen molar-refractivity contribution in [3.05, 3.63) is 34.2 Å². The molecule has 0 spiro atoms. The molecule has 7 nitrogen and oxygen atoms in total. The number of rotatable bonds is 10. The molecule has 0 fully saturated rings. The van der Waals surface area contributed by atoms with Crippen LogP contribution in [0.15, 0.2) is 23.1 Å². The Kier molecular flexibility index (Phi) is 7.56. The molecule has 112 valence electrons. The fourth-order valence-corrected chi connectivity index (χ4v) is 1.45. The minimum absolute atomic E-state index is 0.0151. The number of methoxy groups -OCH3 is 1. The van der Waals surface area contributed by atoms with Crippen molar-refractivity contribution in [1.82, 2.24) is 4.57 Å². The smallest absolute Gasteiger partial charge is 0.335 e. The van der Waals surface area contributed by atoms with Crippen molar-refractivity contribution < 1.29 is 24.1 Å². The monoisotopic (exact) mass is 285 g/mol. The number of carbonyl (C=O) groups is 1. The van der Waals surface area contributed by atoms with Gasteiger partial charge in [0.1, 0.15) is 0 Å². The second kappa shape index (κ2) is 9.24. The van der Waals surface area contributed by atoms with E-state index in [4.69, 9.17) is 19.3 Å². The van der Waals surface area contributed by atoms with E-state index >= 15 is 0 Å². The van der Waals surface area contributed by atoms with Gasteiger partial charge in [0.15, 0.2) is 0 Å². The van der Waals surface area contributed by atoms with Gasteiger partial charge in [0.2, 0.25) is 0 Å². The van der Waals surface area contributed by atoms with Crippen LogP contribution in [0.2, 0.25) is 0 Å². The summed E-state index contributed by atoms with van der Waals surface area (Å²) in [7, 11) is 1.60. The van der Waals surface area contributed by atoms with Crippen molar-refractivity contribution in [2.75, 3.05) is 40.1 Å². The summed E-state index contributed by atoms with van der Waals surface area (Å²) in [5.41, 5.74) is -0.372. The molecule has 0 unspecified atom stereocenters. The molecule has 0 atom stereocenters. The quantitative estimate of drug-likeness (QED) is 0.619. The van der Waals surface area contributed by atoms with Crippen LogP contribution in [0.25, 0.3) is 0 Å². The molecule has 0 saturated heterocycles. The Morgan fingerprint density at radius 3 is 2.45 bits per heavy atom. The molecule has 0 saturated carbocycles. The Labute approximate surface area is 116 Å². The van der Waals surface area contributed by atoms with Gasteiger partial charge in [0, 0.05) is 25.9 Å². The van der Waals surface area contributed by atoms with Crippen LogP contribution in [-0.4, -0.2) is 55.8 Å².